The van der Waals surface area contributed by atoms with Crippen molar-refractivity contribution in [1.82, 2.24) is 0 Å². The summed E-state index contributed by atoms with van der Waals surface area (Å²) in [6, 6.07) is 0. The van der Waals surface area contributed by atoms with E-state index in [4.69, 9.17) is 4.74 Å². The summed E-state index contributed by atoms with van der Waals surface area (Å²) >= 11 is 0. The van der Waals surface area contributed by atoms with E-state index in [0.29, 0.717) is 13.2 Å². The van der Waals surface area contributed by atoms with Crippen molar-refractivity contribution >= 4 is 5.97 Å². The zero-order valence-electron chi connectivity index (χ0n) is 6.66. The second-order valence-electron chi connectivity index (χ2n) is 3.07. The standard InChI is InChI=1S/C7H12O4/c1-7(3-11-4-7)5(8)6(9)10-2/h5,8H,3-4H2,1-2H3. The van der Waals surface area contributed by atoms with Gasteiger partial charge in [-0.1, -0.05) is 6.92 Å². The molecular formula is C7H12O4. The molecule has 4 nitrogen and oxygen atoms in total. The molecule has 0 aromatic carbocycles. The molecule has 1 unspecified atom stereocenters. The van der Waals surface area contributed by atoms with Crippen LogP contribution in [-0.2, 0) is 14.3 Å². The van der Waals surface area contributed by atoms with Crippen molar-refractivity contribution in [2.45, 2.75) is 13.0 Å². The molecule has 0 spiro atoms. The van der Waals surface area contributed by atoms with Gasteiger partial charge in [-0.25, -0.2) is 4.79 Å². The lowest BCUT2D eigenvalue weighted by Crippen LogP contribution is -2.52. The van der Waals surface area contributed by atoms with E-state index in [-0.39, 0.29) is 0 Å². The van der Waals surface area contributed by atoms with E-state index in [2.05, 4.69) is 4.74 Å². The number of hydrogen-bond acceptors (Lipinski definition) is 4. The highest BCUT2D eigenvalue weighted by molar-refractivity contribution is 5.75. The average molecular weight is 160 g/mol. The smallest absolute Gasteiger partial charge is 0.335 e. The predicted molar refractivity (Wildman–Crippen MR) is 36.9 cm³/mol. The maximum atomic E-state index is 10.8. The van der Waals surface area contributed by atoms with E-state index < -0.39 is 17.5 Å². The van der Waals surface area contributed by atoms with Crippen LogP contribution in [0.2, 0.25) is 0 Å². The van der Waals surface area contributed by atoms with Gasteiger partial charge < -0.3 is 14.6 Å². The summed E-state index contributed by atoms with van der Waals surface area (Å²) in [6.45, 7) is 2.63. The molecule has 1 heterocycles. The van der Waals surface area contributed by atoms with Crippen LogP contribution in [0, 0.1) is 5.41 Å². The first-order valence-corrected chi connectivity index (χ1v) is 3.44. The molecule has 11 heavy (non-hydrogen) atoms. The van der Waals surface area contributed by atoms with Gasteiger partial charge in [0.15, 0.2) is 6.10 Å². The predicted octanol–water partition coefficient (Wildman–Crippen LogP) is -0.443. The van der Waals surface area contributed by atoms with E-state index in [1.165, 1.54) is 7.11 Å². The molecule has 0 aromatic rings. The zero-order chi connectivity index (χ0) is 8.48. The Bertz CT molecular complexity index is 162. The van der Waals surface area contributed by atoms with E-state index in [1.54, 1.807) is 6.92 Å². The van der Waals surface area contributed by atoms with Crippen LogP contribution in [0.3, 0.4) is 0 Å². The number of carbonyl (C=O) groups excluding carboxylic acids is 1. The molecule has 1 aliphatic heterocycles. The molecule has 1 atom stereocenters. The average Bonchev–Trinajstić information content (AvgIpc) is 1.97. The van der Waals surface area contributed by atoms with Crippen molar-refractivity contribution in [3.8, 4) is 0 Å². The number of hydrogen-bond donors (Lipinski definition) is 1. The number of carbonyl (C=O) groups is 1. The van der Waals surface area contributed by atoms with Gasteiger partial charge in [-0.3, -0.25) is 0 Å². The molecule has 0 saturated carbocycles. The van der Waals surface area contributed by atoms with E-state index in [9.17, 15) is 9.90 Å². The SMILES string of the molecule is COC(=O)C(O)C1(C)COC1. The van der Waals surface area contributed by atoms with Gasteiger partial charge in [0.1, 0.15) is 0 Å². The Labute approximate surface area is 65.1 Å². The third-order valence-corrected chi connectivity index (χ3v) is 1.95. The van der Waals surface area contributed by atoms with Crippen molar-refractivity contribution in [3.63, 3.8) is 0 Å². The van der Waals surface area contributed by atoms with E-state index >= 15 is 0 Å². The highest BCUT2D eigenvalue weighted by Crippen LogP contribution is 2.30. The van der Waals surface area contributed by atoms with Crippen molar-refractivity contribution in [2.24, 2.45) is 5.41 Å². The molecule has 0 aliphatic carbocycles. The molecule has 1 N–H and O–H groups in total. The summed E-state index contributed by atoms with van der Waals surface area (Å²) in [4.78, 5) is 10.8. The highest BCUT2D eigenvalue weighted by Gasteiger charge is 2.44. The van der Waals surface area contributed by atoms with E-state index in [0.717, 1.165) is 0 Å². The van der Waals surface area contributed by atoms with Crippen LogP contribution in [0.4, 0.5) is 0 Å². The fourth-order valence-corrected chi connectivity index (χ4v) is 0.978. The number of methoxy groups -OCH3 is 1. The molecule has 1 aliphatic rings. The number of ether oxygens (including phenoxy) is 2. The fourth-order valence-electron chi connectivity index (χ4n) is 0.978. The largest absolute Gasteiger partial charge is 0.467 e. The Balaban J connectivity index is 2.52. The minimum Gasteiger partial charge on any atom is -0.467 e. The molecule has 0 aromatic heterocycles. The van der Waals surface area contributed by atoms with Gasteiger partial charge in [0.25, 0.3) is 0 Å². The lowest BCUT2D eigenvalue weighted by atomic mass is 9.82. The van der Waals surface area contributed by atoms with Gasteiger partial charge >= 0.3 is 5.97 Å². The van der Waals surface area contributed by atoms with Gasteiger partial charge in [0, 0.05) is 0 Å². The summed E-state index contributed by atoms with van der Waals surface area (Å²) < 4.78 is 9.28. The summed E-state index contributed by atoms with van der Waals surface area (Å²) in [7, 11) is 1.26. The number of aliphatic hydroxyl groups is 1. The molecule has 64 valence electrons. The van der Waals surface area contributed by atoms with Crippen LogP contribution in [0.25, 0.3) is 0 Å². The van der Waals surface area contributed by atoms with Crippen LogP contribution < -0.4 is 0 Å². The molecule has 0 bridgehead atoms. The number of esters is 1. The first kappa shape index (κ1) is 8.49. The third kappa shape index (κ3) is 1.36. The molecule has 1 fully saturated rings. The Hall–Kier alpha value is -0.610. The maximum absolute atomic E-state index is 10.8. The summed E-state index contributed by atoms with van der Waals surface area (Å²) in [5.41, 5.74) is -0.437. The molecular weight excluding hydrogens is 148 g/mol. The first-order valence-electron chi connectivity index (χ1n) is 3.44. The maximum Gasteiger partial charge on any atom is 0.335 e. The van der Waals surface area contributed by atoms with Gasteiger partial charge in [-0.2, -0.15) is 0 Å². The van der Waals surface area contributed by atoms with Crippen LogP contribution in [0.1, 0.15) is 6.92 Å². The second kappa shape index (κ2) is 2.79. The highest BCUT2D eigenvalue weighted by atomic mass is 16.5. The van der Waals surface area contributed by atoms with Gasteiger partial charge in [0.05, 0.1) is 25.7 Å². The lowest BCUT2D eigenvalue weighted by Gasteiger charge is -2.40. The van der Waals surface area contributed by atoms with Crippen molar-refractivity contribution in [3.05, 3.63) is 0 Å². The normalized spacial score (nSPS) is 23.5. The second-order valence-corrected chi connectivity index (χ2v) is 3.07. The van der Waals surface area contributed by atoms with Gasteiger partial charge in [-0.05, 0) is 0 Å². The van der Waals surface area contributed by atoms with E-state index in [1.807, 2.05) is 0 Å². The van der Waals surface area contributed by atoms with Crippen molar-refractivity contribution in [2.75, 3.05) is 20.3 Å². The minimum absolute atomic E-state index is 0.420. The summed E-state index contributed by atoms with van der Waals surface area (Å²) in [5, 5.41) is 9.34. The van der Waals surface area contributed by atoms with Crippen LogP contribution in [-0.4, -0.2) is 37.5 Å². The van der Waals surface area contributed by atoms with Crippen molar-refractivity contribution < 1.29 is 19.4 Å². The summed E-state index contributed by atoms with van der Waals surface area (Å²) in [6.07, 6.45) is -1.05. The van der Waals surface area contributed by atoms with Crippen molar-refractivity contribution in [1.29, 1.82) is 0 Å². The first-order chi connectivity index (χ1) is 5.10. The summed E-state index contributed by atoms with van der Waals surface area (Å²) in [5.74, 6) is -0.587. The monoisotopic (exact) mass is 160 g/mol. The zero-order valence-corrected chi connectivity index (χ0v) is 6.66. The minimum atomic E-state index is -1.05. The van der Waals surface area contributed by atoms with Gasteiger partial charge in [0.2, 0.25) is 0 Å². The molecule has 4 heteroatoms. The Morgan fingerprint density at radius 2 is 2.27 bits per heavy atom. The number of aliphatic hydroxyl groups excluding tert-OH is 1. The van der Waals surface area contributed by atoms with Crippen LogP contribution in [0.15, 0.2) is 0 Å². The Morgan fingerprint density at radius 3 is 2.55 bits per heavy atom. The van der Waals surface area contributed by atoms with Gasteiger partial charge in [-0.15, -0.1) is 0 Å². The fraction of sp³-hybridized carbons (Fsp3) is 0.857. The van der Waals surface area contributed by atoms with Crippen LogP contribution >= 0.6 is 0 Å². The molecule has 1 rings (SSSR count). The number of rotatable bonds is 2. The molecule has 0 radical (unpaired) electrons. The third-order valence-electron chi connectivity index (χ3n) is 1.95. The quantitative estimate of drug-likeness (QED) is 0.556. The topological polar surface area (TPSA) is 55.8 Å². The Morgan fingerprint density at radius 1 is 1.73 bits per heavy atom. The Kier molecular flexibility index (Phi) is 2.15. The lowest BCUT2D eigenvalue weighted by molar-refractivity contribution is -0.189. The molecule has 1 saturated heterocycles. The van der Waals surface area contributed by atoms with Crippen LogP contribution in [0.5, 0.6) is 0 Å². The molecule has 0 amide bonds.